The number of rotatable bonds is 1. The summed E-state index contributed by atoms with van der Waals surface area (Å²) in [7, 11) is 0. The van der Waals surface area contributed by atoms with Gasteiger partial charge in [0.2, 0.25) is 5.82 Å². The van der Waals surface area contributed by atoms with E-state index in [1.165, 1.54) is 10.6 Å². The molecule has 0 aliphatic rings. The number of nitrogens with two attached hydrogens (primary N) is 1. The van der Waals surface area contributed by atoms with Crippen LogP contribution in [-0.4, -0.2) is 9.55 Å². The van der Waals surface area contributed by atoms with Crippen molar-refractivity contribution < 1.29 is 13.2 Å². The van der Waals surface area contributed by atoms with Gasteiger partial charge in [0, 0.05) is 11.7 Å². The van der Waals surface area contributed by atoms with Gasteiger partial charge in [-0.3, -0.25) is 0 Å². The molecular weight excluding hydrogens is 267 g/mol. The zero-order valence-electron chi connectivity index (χ0n) is 11.9. The van der Waals surface area contributed by atoms with Crippen LogP contribution in [0.25, 0.3) is 11.0 Å². The molecule has 1 aromatic carbocycles. The van der Waals surface area contributed by atoms with Gasteiger partial charge in [0.15, 0.2) is 0 Å². The lowest BCUT2D eigenvalue weighted by molar-refractivity contribution is -0.148. The Hall–Kier alpha value is -1.72. The Labute approximate surface area is 115 Å². The highest BCUT2D eigenvalue weighted by molar-refractivity contribution is 5.80. The third kappa shape index (κ3) is 2.46. The predicted molar refractivity (Wildman–Crippen MR) is 73.3 cm³/mol. The number of imidazole rings is 1. The van der Waals surface area contributed by atoms with Crippen molar-refractivity contribution in [3.05, 3.63) is 24.0 Å². The molecule has 0 radical (unpaired) electrons. The maximum atomic E-state index is 13.2. The minimum Gasteiger partial charge on any atom is -0.399 e. The van der Waals surface area contributed by atoms with Crippen molar-refractivity contribution in [2.24, 2.45) is 5.41 Å². The maximum Gasteiger partial charge on any atom is 0.449 e. The fraction of sp³-hybridized carbons (Fsp3) is 0.500. The summed E-state index contributed by atoms with van der Waals surface area (Å²) in [6.45, 7) is 7.48. The van der Waals surface area contributed by atoms with Gasteiger partial charge in [0.25, 0.3) is 0 Å². The van der Waals surface area contributed by atoms with Crippen LogP contribution in [0.3, 0.4) is 0 Å². The van der Waals surface area contributed by atoms with Crippen molar-refractivity contribution in [3.8, 4) is 0 Å². The number of alkyl halides is 3. The zero-order valence-corrected chi connectivity index (χ0v) is 11.9. The lowest BCUT2D eigenvalue weighted by Crippen LogP contribution is -2.26. The molecule has 0 aliphatic carbocycles. The van der Waals surface area contributed by atoms with E-state index in [9.17, 15) is 13.2 Å². The van der Waals surface area contributed by atoms with Gasteiger partial charge in [-0.2, -0.15) is 13.2 Å². The lowest BCUT2D eigenvalue weighted by atomic mass is 9.87. The Balaban J connectivity index is 2.78. The Morgan fingerprint density at radius 3 is 2.30 bits per heavy atom. The van der Waals surface area contributed by atoms with Crippen molar-refractivity contribution in [2.45, 2.75) is 39.9 Å². The number of benzene rings is 1. The van der Waals surface area contributed by atoms with Gasteiger partial charge in [-0.1, -0.05) is 20.8 Å². The highest BCUT2D eigenvalue weighted by Gasteiger charge is 2.40. The molecule has 0 saturated carbocycles. The van der Waals surface area contributed by atoms with Gasteiger partial charge >= 0.3 is 6.18 Å². The number of aromatic nitrogens is 2. The number of nitrogens with zero attached hydrogens (tertiary/aromatic N) is 2. The average Bonchev–Trinajstić information content (AvgIpc) is 2.64. The minimum atomic E-state index is -4.49. The van der Waals surface area contributed by atoms with Gasteiger partial charge in [-0.15, -0.1) is 0 Å². The average molecular weight is 285 g/mol. The quantitative estimate of drug-likeness (QED) is 0.796. The van der Waals surface area contributed by atoms with Crippen LogP contribution >= 0.6 is 0 Å². The molecule has 0 spiro atoms. The molecule has 2 N–H and O–H groups in total. The molecule has 110 valence electrons. The third-order valence-corrected chi connectivity index (χ3v) is 3.61. The molecular formula is C14H18F3N3. The van der Waals surface area contributed by atoms with Crippen LogP contribution in [-0.2, 0) is 6.18 Å². The molecule has 1 heterocycles. The molecule has 2 rings (SSSR count). The van der Waals surface area contributed by atoms with Crippen LogP contribution in [0.1, 0.15) is 39.6 Å². The molecule has 3 nitrogen and oxygen atoms in total. The second kappa shape index (κ2) is 4.40. The van der Waals surface area contributed by atoms with E-state index < -0.39 is 12.0 Å². The topological polar surface area (TPSA) is 43.8 Å². The van der Waals surface area contributed by atoms with Crippen LogP contribution in [0.15, 0.2) is 18.2 Å². The molecule has 0 fully saturated rings. The highest BCUT2D eigenvalue weighted by Crippen LogP contribution is 2.39. The van der Waals surface area contributed by atoms with Crippen LogP contribution in [0.4, 0.5) is 18.9 Å². The molecule has 1 atom stereocenters. The van der Waals surface area contributed by atoms with E-state index in [-0.39, 0.29) is 17.0 Å². The molecule has 0 amide bonds. The summed E-state index contributed by atoms with van der Waals surface area (Å²) in [5.74, 6) is -0.875. The summed E-state index contributed by atoms with van der Waals surface area (Å²) in [6.07, 6.45) is -4.49. The van der Waals surface area contributed by atoms with E-state index in [1.807, 2.05) is 20.8 Å². The van der Waals surface area contributed by atoms with Gasteiger partial charge in [-0.25, -0.2) is 4.98 Å². The summed E-state index contributed by atoms with van der Waals surface area (Å²) in [6, 6.07) is 4.30. The monoisotopic (exact) mass is 285 g/mol. The molecule has 0 aliphatic heterocycles. The van der Waals surface area contributed by atoms with Crippen LogP contribution in [0, 0.1) is 5.41 Å². The van der Waals surface area contributed by atoms with Gasteiger partial charge in [0.1, 0.15) is 0 Å². The van der Waals surface area contributed by atoms with E-state index in [0.717, 1.165) is 0 Å². The molecule has 1 unspecified atom stereocenters. The molecule has 20 heavy (non-hydrogen) atoms. The number of hydrogen-bond donors (Lipinski definition) is 1. The van der Waals surface area contributed by atoms with Crippen molar-refractivity contribution in [3.63, 3.8) is 0 Å². The molecule has 0 saturated heterocycles. The summed E-state index contributed by atoms with van der Waals surface area (Å²) in [4.78, 5) is 3.74. The second-order valence-corrected chi connectivity index (χ2v) is 6.09. The summed E-state index contributed by atoms with van der Waals surface area (Å²) in [5, 5.41) is 0. The number of anilines is 1. The van der Waals surface area contributed by atoms with Crippen molar-refractivity contribution in [1.82, 2.24) is 9.55 Å². The normalized spacial score (nSPS) is 14.8. The summed E-state index contributed by atoms with van der Waals surface area (Å²) < 4.78 is 40.9. The van der Waals surface area contributed by atoms with Crippen molar-refractivity contribution in [2.75, 3.05) is 5.73 Å². The van der Waals surface area contributed by atoms with E-state index in [4.69, 9.17) is 5.73 Å². The summed E-state index contributed by atoms with van der Waals surface area (Å²) >= 11 is 0. The van der Waals surface area contributed by atoms with Crippen molar-refractivity contribution in [1.29, 1.82) is 0 Å². The smallest absolute Gasteiger partial charge is 0.399 e. The maximum absolute atomic E-state index is 13.2. The Morgan fingerprint density at radius 2 is 1.80 bits per heavy atom. The zero-order chi connectivity index (χ0) is 15.3. The largest absolute Gasteiger partial charge is 0.449 e. The molecule has 6 heteroatoms. The Morgan fingerprint density at radius 1 is 1.20 bits per heavy atom. The SMILES string of the molecule is CC(n1c(C(F)(F)F)nc2cc(N)ccc21)C(C)(C)C. The van der Waals surface area contributed by atoms with Crippen LogP contribution in [0.5, 0.6) is 0 Å². The lowest BCUT2D eigenvalue weighted by Gasteiger charge is -2.30. The first-order valence-corrected chi connectivity index (χ1v) is 6.36. The molecule has 0 bridgehead atoms. The van der Waals surface area contributed by atoms with Gasteiger partial charge < -0.3 is 10.3 Å². The number of nitrogen functional groups attached to an aromatic ring is 1. The number of hydrogen-bond acceptors (Lipinski definition) is 2. The standard InChI is InChI=1S/C14H18F3N3/c1-8(13(2,3)4)20-11-6-5-9(18)7-10(11)19-12(20)14(15,16)17/h5-8H,18H2,1-4H3. The second-order valence-electron chi connectivity index (χ2n) is 6.09. The van der Waals surface area contributed by atoms with Crippen LogP contribution in [0.2, 0.25) is 0 Å². The highest BCUT2D eigenvalue weighted by atomic mass is 19.4. The van der Waals surface area contributed by atoms with E-state index in [0.29, 0.717) is 11.2 Å². The van der Waals surface area contributed by atoms with Gasteiger partial charge in [0.05, 0.1) is 11.0 Å². The Bertz CT molecular complexity index is 635. The number of fused-ring (bicyclic) bond motifs is 1. The minimum absolute atomic E-state index is 0.272. The fourth-order valence-corrected chi connectivity index (χ4v) is 2.10. The molecule has 1 aromatic heterocycles. The Kier molecular flexibility index (Phi) is 3.23. The van der Waals surface area contributed by atoms with Crippen LogP contribution < -0.4 is 5.73 Å². The number of halogens is 3. The molecule has 2 aromatic rings. The van der Waals surface area contributed by atoms with E-state index in [2.05, 4.69) is 4.98 Å². The summed E-state index contributed by atoms with van der Waals surface area (Å²) in [5.41, 5.74) is 6.43. The predicted octanol–water partition coefficient (Wildman–Crippen LogP) is 4.24. The van der Waals surface area contributed by atoms with E-state index >= 15 is 0 Å². The third-order valence-electron chi connectivity index (χ3n) is 3.61. The van der Waals surface area contributed by atoms with Crippen molar-refractivity contribution >= 4 is 16.7 Å². The first kappa shape index (κ1) is 14.7. The fourth-order valence-electron chi connectivity index (χ4n) is 2.10. The first-order valence-electron chi connectivity index (χ1n) is 6.36. The van der Waals surface area contributed by atoms with Gasteiger partial charge in [-0.05, 0) is 30.5 Å². The first-order chi connectivity index (χ1) is 9.01. The van der Waals surface area contributed by atoms with E-state index in [1.54, 1.807) is 19.1 Å².